The monoisotopic (exact) mass is 325 g/mol. The molecule has 1 aliphatic heterocycles. The molecule has 1 aromatic carbocycles. The van der Waals surface area contributed by atoms with E-state index < -0.39 is 0 Å². The second-order valence-corrected chi connectivity index (χ2v) is 6.29. The van der Waals surface area contributed by atoms with E-state index in [9.17, 15) is 4.79 Å². The van der Waals surface area contributed by atoms with Crippen LogP contribution in [-0.2, 0) is 11.2 Å². The van der Waals surface area contributed by atoms with Gasteiger partial charge in [0.05, 0.1) is 24.9 Å². The Kier molecular flexibility index (Phi) is 5.08. The van der Waals surface area contributed by atoms with Crippen molar-refractivity contribution in [2.75, 3.05) is 20.2 Å². The molecule has 2 aromatic rings. The van der Waals surface area contributed by atoms with E-state index in [2.05, 4.69) is 9.97 Å². The molecule has 3 rings (SSSR count). The van der Waals surface area contributed by atoms with Crippen molar-refractivity contribution in [1.82, 2.24) is 14.9 Å². The van der Waals surface area contributed by atoms with Gasteiger partial charge < -0.3 is 9.64 Å². The number of ether oxygens (including phenoxy) is 1. The van der Waals surface area contributed by atoms with E-state index >= 15 is 0 Å². The number of rotatable bonds is 4. The summed E-state index contributed by atoms with van der Waals surface area (Å²) in [5.74, 6) is 1.26. The minimum absolute atomic E-state index is 0.172. The van der Waals surface area contributed by atoms with Gasteiger partial charge in [0.15, 0.2) is 0 Å². The van der Waals surface area contributed by atoms with Gasteiger partial charge in [-0.2, -0.15) is 0 Å². The number of hydrogen-bond acceptors (Lipinski definition) is 4. The molecular weight excluding hydrogens is 302 g/mol. The number of amides is 1. The van der Waals surface area contributed by atoms with Gasteiger partial charge in [-0.05, 0) is 37.5 Å². The number of benzene rings is 1. The Balaban J connectivity index is 1.64. The number of aryl methyl sites for hydroxylation is 1. The molecule has 0 aliphatic carbocycles. The maximum Gasteiger partial charge on any atom is 0.227 e. The highest BCUT2D eigenvalue weighted by Crippen LogP contribution is 2.25. The normalized spacial score (nSPS) is 17.6. The number of methoxy groups -OCH3 is 1. The van der Waals surface area contributed by atoms with E-state index in [4.69, 9.17) is 4.74 Å². The van der Waals surface area contributed by atoms with Crippen molar-refractivity contribution in [2.24, 2.45) is 0 Å². The van der Waals surface area contributed by atoms with Crippen LogP contribution in [0.3, 0.4) is 0 Å². The fourth-order valence-electron chi connectivity index (χ4n) is 3.15. The summed E-state index contributed by atoms with van der Waals surface area (Å²) in [6, 6.07) is 7.68. The van der Waals surface area contributed by atoms with Crippen LogP contribution < -0.4 is 4.74 Å². The third kappa shape index (κ3) is 3.91. The van der Waals surface area contributed by atoms with Gasteiger partial charge in [-0.3, -0.25) is 14.8 Å². The van der Waals surface area contributed by atoms with Gasteiger partial charge in [-0.25, -0.2) is 0 Å². The smallest absolute Gasteiger partial charge is 0.227 e. The lowest BCUT2D eigenvalue weighted by Crippen LogP contribution is -2.40. The zero-order chi connectivity index (χ0) is 16.9. The molecule has 0 spiro atoms. The number of carbonyl (C=O) groups is 1. The molecule has 1 saturated heterocycles. The average Bonchev–Trinajstić information content (AvgIpc) is 2.62. The SMILES string of the molecule is COc1ccc(CC(=O)N2CCC[C@H](c3cncc(C)n3)C2)cc1. The van der Waals surface area contributed by atoms with E-state index in [1.54, 1.807) is 13.3 Å². The number of aromatic nitrogens is 2. The molecule has 5 heteroatoms. The van der Waals surface area contributed by atoms with E-state index in [-0.39, 0.29) is 11.8 Å². The largest absolute Gasteiger partial charge is 0.497 e. The third-order valence-electron chi connectivity index (χ3n) is 4.48. The third-order valence-corrected chi connectivity index (χ3v) is 4.48. The van der Waals surface area contributed by atoms with Crippen LogP contribution in [0, 0.1) is 6.92 Å². The molecule has 126 valence electrons. The first kappa shape index (κ1) is 16.4. The summed E-state index contributed by atoms with van der Waals surface area (Å²) >= 11 is 0. The van der Waals surface area contributed by atoms with Crippen LogP contribution in [-0.4, -0.2) is 41.0 Å². The molecule has 0 unspecified atom stereocenters. The van der Waals surface area contributed by atoms with Crippen LogP contribution >= 0.6 is 0 Å². The Labute approximate surface area is 142 Å². The van der Waals surface area contributed by atoms with E-state index in [0.717, 1.165) is 48.6 Å². The summed E-state index contributed by atoms with van der Waals surface area (Å²) in [5, 5.41) is 0. The molecule has 1 aromatic heterocycles. The molecule has 5 nitrogen and oxygen atoms in total. The maximum absolute atomic E-state index is 12.6. The summed E-state index contributed by atoms with van der Waals surface area (Å²) in [6.45, 7) is 3.50. The Hall–Kier alpha value is -2.43. The van der Waals surface area contributed by atoms with Gasteiger partial charge in [-0.1, -0.05) is 12.1 Å². The molecule has 1 aliphatic rings. The number of likely N-dealkylation sites (tertiary alicyclic amines) is 1. The van der Waals surface area contributed by atoms with Gasteiger partial charge in [0.1, 0.15) is 5.75 Å². The Morgan fingerprint density at radius 2 is 2.08 bits per heavy atom. The number of carbonyl (C=O) groups excluding carboxylic acids is 1. The molecule has 2 heterocycles. The summed E-state index contributed by atoms with van der Waals surface area (Å²) in [5.41, 5.74) is 2.93. The summed E-state index contributed by atoms with van der Waals surface area (Å²) in [6.07, 6.45) is 6.09. The molecule has 1 atom stereocenters. The molecule has 1 amide bonds. The molecule has 0 N–H and O–H groups in total. The van der Waals surface area contributed by atoms with Gasteiger partial charge >= 0.3 is 0 Å². The lowest BCUT2D eigenvalue weighted by Gasteiger charge is -2.32. The van der Waals surface area contributed by atoms with Crippen LogP contribution in [0.5, 0.6) is 5.75 Å². The number of piperidine rings is 1. The summed E-state index contributed by atoms with van der Waals surface area (Å²) in [7, 11) is 1.64. The quantitative estimate of drug-likeness (QED) is 0.867. The lowest BCUT2D eigenvalue weighted by atomic mass is 9.94. The molecule has 24 heavy (non-hydrogen) atoms. The van der Waals surface area contributed by atoms with Crippen molar-refractivity contribution in [2.45, 2.75) is 32.1 Å². The molecule has 0 saturated carbocycles. The minimum Gasteiger partial charge on any atom is -0.497 e. The van der Waals surface area contributed by atoms with Crippen molar-refractivity contribution >= 4 is 5.91 Å². The zero-order valence-electron chi connectivity index (χ0n) is 14.2. The van der Waals surface area contributed by atoms with Crippen LogP contribution in [0.1, 0.15) is 35.7 Å². The topological polar surface area (TPSA) is 55.3 Å². The first-order valence-corrected chi connectivity index (χ1v) is 8.35. The molecular formula is C19H23N3O2. The summed E-state index contributed by atoms with van der Waals surface area (Å²) in [4.78, 5) is 23.4. The first-order chi connectivity index (χ1) is 11.7. The van der Waals surface area contributed by atoms with Crippen LogP contribution in [0.15, 0.2) is 36.7 Å². The Morgan fingerprint density at radius 1 is 1.29 bits per heavy atom. The fraction of sp³-hybridized carbons (Fsp3) is 0.421. The zero-order valence-corrected chi connectivity index (χ0v) is 14.2. The number of hydrogen-bond donors (Lipinski definition) is 0. The number of nitrogens with zero attached hydrogens (tertiary/aromatic N) is 3. The fourth-order valence-corrected chi connectivity index (χ4v) is 3.15. The van der Waals surface area contributed by atoms with Gasteiger partial charge in [0.25, 0.3) is 0 Å². The van der Waals surface area contributed by atoms with Gasteiger partial charge in [0.2, 0.25) is 5.91 Å². The lowest BCUT2D eigenvalue weighted by molar-refractivity contribution is -0.131. The minimum atomic E-state index is 0.172. The van der Waals surface area contributed by atoms with Gasteiger partial charge in [0, 0.05) is 31.4 Å². The van der Waals surface area contributed by atoms with Crippen molar-refractivity contribution in [1.29, 1.82) is 0 Å². The van der Waals surface area contributed by atoms with Crippen LogP contribution in [0.4, 0.5) is 0 Å². The van der Waals surface area contributed by atoms with E-state index in [1.807, 2.05) is 42.3 Å². The van der Waals surface area contributed by atoms with Crippen molar-refractivity contribution < 1.29 is 9.53 Å². The highest BCUT2D eigenvalue weighted by molar-refractivity contribution is 5.79. The van der Waals surface area contributed by atoms with Gasteiger partial charge in [-0.15, -0.1) is 0 Å². The van der Waals surface area contributed by atoms with E-state index in [0.29, 0.717) is 6.42 Å². The second-order valence-electron chi connectivity index (χ2n) is 6.29. The Morgan fingerprint density at radius 3 is 2.79 bits per heavy atom. The highest BCUT2D eigenvalue weighted by Gasteiger charge is 2.25. The highest BCUT2D eigenvalue weighted by atomic mass is 16.5. The first-order valence-electron chi connectivity index (χ1n) is 8.35. The maximum atomic E-state index is 12.6. The van der Waals surface area contributed by atoms with Crippen molar-refractivity contribution in [3.05, 3.63) is 53.6 Å². The second kappa shape index (κ2) is 7.43. The van der Waals surface area contributed by atoms with E-state index in [1.165, 1.54) is 0 Å². The average molecular weight is 325 g/mol. The van der Waals surface area contributed by atoms with Crippen LogP contribution in [0.25, 0.3) is 0 Å². The standard InChI is InChI=1S/C19H23N3O2/c1-14-11-20-12-18(21-14)16-4-3-9-22(13-16)19(23)10-15-5-7-17(24-2)8-6-15/h5-8,11-12,16H,3-4,9-10,13H2,1-2H3/t16-/m0/s1. The Bertz CT molecular complexity index is 700. The predicted octanol–water partition coefficient (Wildman–Crippen LogP) is 2.74. The summed E-state index contributed by atoms with van der Waals surface area (Å²) < 4.78 is 5.15. The van der Waals surface area contributed by atoms with Crippen molar-refractivity contribution in [3.8, 4) is 5.75 Å². The van der Waals surface area contributed by atoms with Crippen LogP contribution in [0.2, 0.25) is 0 Å². The molecule has 0 bridgehead atoms. The molecule has 0 radical (unpaired) electrons. The molecule has 1 fully saturated rings. The van der Waals surface area contributed by atoms with Crippen molar-refractivity contribution in [3.63, 3.8) is 0 Å². The predicted molar refractivity (Wildman–Crippen MR) is 92.0 cm³/mol.